The van der Waals surface area contributed by atoms with Crippen molar-refractivity contribution in [3.05, 3.63) is 29.8 Å². The van der Waals surface area contributed by atoms with E-state index in [0.717, 1.165) is 18.4 Å². The molecule has 4 nitrogen and oxygen atoms in total. The smallest absolute Gasteiger partial charge is 0.243 e. The summed E-state index contributed by atoms with van der Waals surface area (Å²) in [5.41, 5.74) is 1.05. The third-order valence-corrected chi connectivity index (χ3v) is 5.32. The van der Waals surface area contributed by atoms with Gasteiger partial charge < -0.3 is 4.90 Å². The molecule has 1 aromatic carbocycles. The molecule has 0 aliphatic heterocycles. The molecular formula is C15H25ClN2O2S. The lowest BCUT2D eigenvalue weighted by atomic mass is 10.2. The summed E-state index contributed by atoms with van der Waals surface area (Å²) >= 11 is 5.70. The zero-order valence-electron chi connectivity index (χ0n) is 13.0. The number of hydrogen-bond donors (Lipinski definition) is 0. The molecule has 6 heteroatoms. The second-order valence-corrected chi connectivity index (χ2v) is 7.61. The number of rotatable bonds is 9. The van der Waals surface area contributed by atoms with E-state index in [-0.39, 0.29) is 0 Å². The summed E-state index contributed by atoms with van der Waals surface area (Å²) in [6, 6.07) is 7.03. The fraction of sp³-hybridized carbons (Fsp3) is 0.600. The second kappa shape index (κ2) is 8.73. The Bertz CT molecular complexity index is 515. The van der Waals surface area contributed by atoms with Crippen LogP contribution in [0.3, 0.4) is 0 Å². The first kappa shape index (κ1) is 18.4. The number of aryl methyl sites for hydroxylation is 1. The number of benzene rings is 1. The molecule has 0 amide bonds. The number of sulfonamides is 1. The zero-order chi connectivity index (χ0) is 15.9. The number of nitrogens with zero attached hydrogens (tertiary/aromatic N) is 2. The number of halogens is 1. The van der Waals surface area contributed by atoms with E-state index in [4.69, 9.17) is 11.6 Å². The molecule has 0 bridgehead atoms. The summed E-state index contributed by atoms with van der Waals surface area (Å²) in [5.74, 6) is 0.539. The van der Waals surface area contributed by atoms with E-state index >= 15 is 0 Å². The number of likely N-dealkylation sites (N-methyl/N-ethyl adjacent to an activating group) is 1. The summed E-state index contributed by atoms with van der Waals surface area (Å²) in [5, 5.41) is 0. The first-order chi connectivity index (χ1) is 9.91. The Hall–Kier alpha value is -0.620. The van der Waals surface area contributed by atoms with Gasteiger partial charge in [0.1, 0.15) is 0 Å². The predicted molar refractivity (Wildman–Crippen MR) is 88.5 cm³/mol. The fourth-order valence-electron chi connectivity index (χ4n) is 2.00. The molecule has 0 heterocycles. The minimum Gasteiger partial charge on any atom is -0.308 e. The molecule has 0 saturated carbocycles. The Labute approximate surface area is 133 Å². The monoisotopic (exact) mass is 332 g/mol. The van der Waals surface area contributed by atoms with Crippen LogP contribution in [0.5, 0.6) is 0 Å². The first-order valence-corrected chi connectivity index (χ1v) is 9.19. The maximum absolute atomic E-state index is 12.7. The lowest BCUT2D eigenvalue weighted by Gasteiger charge is -2.23. The van der Waals surface area contributed by atoms with E-state index in [2.05, 4.69) is 0 Å². The van der Waals surface area contributed by atoms with Gasteiger partial charge in [0.25, 0.3) is 0 Å². The van der Waals surface area contributed by atoms with Crippen molar-refractivity contribution in [3.63, 3.8) is 0 Å². The zero-order valence-corrected chi connectivity index (χ0v) is 14.6. The minimum absolute atomic E-state index is 0.355. The van der Waals surface area contributed by atoms with E-state index in [9.17, 15) is 8.42 Å². The predicted octanol–water partition coefficient (Wildman–Crippen LogP) is 2.43. The summed E-state index contributed by atoms with van der Waals surface area (Å²) in [6.45, 7) is 3.75. The highest BCUT2D eigenvalue weighted by atomic mass is 35.5. The fourth-order valence-corrected chi connectivity index (χ4v) is 3.74. The quantitative estimate of drug-likeness (QED) is 0.652. The Morgan fingerprint density at radius 1 is 1.05 bits per heavy atom. The van der Waals surface area contributed by atoms with E-state index < -0.39 is 10.0 Å². The van der Waals surface area contributed by atoms with Crippen molar-refractivity contribution in [2.75, 3.05) is 39.6 Å². The Balaban J connectivity index is 2.93. The lowest BCUT2D eigenvalue weighted by Crippen LogP contribution is -2.37. The Morgan fingerprint density at radius 2 is 1.67 bits per heavy atom. The van der Waals surface area contributed by atoms with Gasteiger partial charge in [0, 0.05) is 25.5 Å². The van der Waals surface area contributed by atoms with Crippen LogP contribution in [-0.2, 0) is 16.4 Å². The first-order valence-electron chi connectivity index (χ1n) is 7.21. The van der Waals surface area contributed by atoms with Gasteiger partial charge >= 0.3 is 0 Å². The number of hydrogen-bond acceptors (Lipinski definition) is 3. The molecule has 0 atom stereocenters. The summed E-state index contributed by atoms with van der Waals surface area (Å²) in [4.78, 5) is 2.34. The van der Waals surface area contributed by atoms with E-state index in [1.54, 1.807) is 16.4 Å². The van der Waals surface area contributed by atoms with Crippen LogP contribution in [0.4, 0.5) is 0 Å². The van der Waals surface area contributed by atoms with Crippen molar-refractivity contribution in [3.8, 4) is 0 Å². The molecule has 120 valence electrons. The van der Waals surface area contributed by atoms with E-state index in [1.807, 2.05) is 38.1 Å². The van der Waals surface area contributed by atoms with Gasteiger partial charge in [-0.15, -0.1) is 11.6 Å². The molecule has 0 aliphatic rings. The van der Waals surface area contributed by atoms with Crippen molar-refractivity contribution in [1.29, 1.82) is 0 Å². The maximum atomic E-state index is 12.7. The average Bonchev–Trinajstić information content (AvgIpc) is 2.44. The lowest BCUT2D eigenvalue weighted by molar-refractivity contribution is 0.333. The molecule has 0 N–H and O–H groups in total. The minimum atomic E-state index is -3.42. The van der Waals surface area contributed by atoms with Crippen molar-refractivity contribution in [1.82, 2.24) is 9.21 Å². The standard InChI is InChI=1S/C15H25ClN2O2S/c1-4-11-18(13-12-17(2)3)21(19,20)15-7-5-14(6-8-15)9-10-16/h5-8H,4,9-13H2,1-3H3. The third kappa shape index (κ3) is 5.58. The van der Waals surface area contributed by atoms with Gasteiger partial charge in [-0.2, -0.15) is 4.31 Å². The van der Waals surface area contributed by atoms with Crippen LogP contribution in [0.25, 0.3) is 0 Å². The maximum Gasteiger partial charge on any atom is 0.243 e. The number of alkyl halides is 1. The molecule has 1 aromatic rings. The SMILES string of the molecule is CCCN(CCN(C)C)S(=O)(=O)c1ccc(CCCl)cc1. The van der Waals surface area contributed by atoms with Gasteiger partial charge in [0.15, 0.2) is 0 Å². The highest BCUT2D eigenvalue weighted by Crippen LogP contribution is 2.17. The molecular weight excluding hydrogens is 308 g/mol. The highest BCUT2D eigenvalue weighted by Gasteiger charge is 2.23. The molecule has 0 saturated heterocycles. The summed E-state index contributed by atoms with van der Waals surface area (Å²) in [6.07, 6.45) is 1.55. The van der Waals surface area contributed by atoms with Crippen LogP contribution in [0.2, 0.25) is 0 Å². The largest absolute Gasteiger partial charge is 0.308 e. The van der Waals surface area contributed by atoms with Crippen LogP contribution in [-0.4, -0.2) is 57.2 Å². The van der Waals surface area contributed by atoms with Gasteiger partial charge in [-0.25, -0.2) is 8.42 Å². The van der Waals surface area contributed by atoms with Gasteiger partial charge in [-0.1, -0.05) is 19.1 Å². The topological polar surface area (TPSA) is 40.6 Å². The van der Waals surface area contributed by atoms with Gasteiger partial charge in [0.2, 0.25) is 10.0 Å². The van der Waals surface area contributed by atoms with Crippen LogP contribution in [0.15, 0.2) is 29.2 Å². The Morgan fingerprint density at radius 3 is 2.14 bits per heavy atom. The Kier molecular flexibility index (Phi) is 7.66. The molecule has 0 aliphatic carbocycles. The van der Waals surface area contributed by atoms with Crippen LogP contribution >= 0.6 is 11.6 Å². The van der Waals surface area contributed by atoms with Crippen molar-refractivity contribution < 1.29 is 8.42 Å². The van der Waals surface area contributed by atoms with Crippen LogP contribution < -0.4 is 0 Å². The van der Waals surface area contributed by atoms with Crippen molar-refractivity contribution in [2.45, 2.75) is 24.7 Å². The van der Waals surface area contributed by atoms with Gasteiger partial charge in [-0.05, 0) is 44.6 Å². The van der Waals surface area contributed by atoms with Crippen molar-refractivity contribution in [2.24, 2.45) is 0 Å². The molecule has 21 heavy (non-hydrogen) atoms. The van der Waals surface area contributed by atoms with Crippen molar-refractivity contribution >= 4 is 21.6 Å². The molecule has 0 unspecified atom stereocenters. The molecule has 0 aromatic heterocycles. The highest BCUT2D eigenvalue weighted by molar-refractivity contribution is 7.89. The normalized spacial score (nSPS) is 12.3. The summed E-state index contributed by atoms with van der Waals surface area (Å²) < 4.78 is 26.9. The van der Waals surface area contributed by atoms with E-state index in [0.29, 0.717) is 30.4 Å². The van der Waals surface area contributed by atoms with Gasteiger partial charge in [-0.3, -0.25) is 0 Å². The molecule has 0 fully saturated rings. The molecule has 1 rings (SSSR count). The summed E-state index contributed by atoms with van der Waals surface area (Å²) in [7, 11) is 0.467. The third-order valence-electron chi connectivity index (χ3n) is 3.21. The second-order valence-electron chi connectivity index (χ2n) is 5.29. The van der Waals surface area contributed by atoms with E-state index in [1.165, 1.54) is 0 Å². The van der Waals surface area contributed by atoms with Crippen LogP contribution in [0.1, 0.15) is 18.9 Å². The van der Waals surface area contributed by atoms with Gasteiger partial charge in [0.05, 0.1) is 4.90 Å². The molecule has 0 spiro atoms. The molecule has 0 radical (unpaired) electrons. The van der Waals surface area contributed by atoms with Crippen LogP contribution in [0, 0.1) is 0 Å². The average molecular weight is 333 g/mol.